The van der Waals surface area contributed by atoms with Crippen molar-refractivity contribution in [1.82, 2.24) is 0 Å². The minimum Gasteiger partial charge on any atom is -0.258 e. The van der Waals surface area contributed by atoms with Crippen LogP contribution in [-0.2, 0) is 15.5 Å². The fourth-order valence-electron chi connectivity index (χ4n) is 1.26. The van der Waals surface area contributed by atoms with Crippen LogP contribution in [-0.4, -0.2) is 13.3 Å². The summed E-state index contributed by atoms with van der Waals surface area (Å²) in [7, 11) is 0.878. The lowest BCUT2D eigenvalue weighted by Crippen LogP contribution is -2.02. The summed E-state index contributed by atoms with van der Waals surface area (Å²) in [5.41, 5.74) is -0.797. The summed E-state index contributed by atoms with van der Waals surface area (Å²) < 4.78 is 35.6. The fraction of sp³-hybridized carbons (Fsp3) is 0.250. The highest BCUT2D eigenvalue weighted by atomic mass is 35.7. The van der Waals surface area contributed by atoms with E-state index in [9.17, 15) is 22.9 Å². The Balaban J connectivity index is 3.62. The van der Waals surface area contributed by atoms with Gasteiger partial charge in [-0.2, -0.15) is 0 Å². The number of hydrogen-bond acceptors (Lipinski definition) is 4. The Bertz CT molecular complexity index is 543. The van der Waals surface area contributed by atoms with Crippen molar-refractivity contribution in [3.63, 3.8) is 0 Å². The lowest BCUT2D eigenvalue weighted by molar-refractivity contribution is -0.385. The van der Waals surface area contributed by atoms with Crippen LogP contribution in [0.1, 0.15) is 12.5 Å². The molecule has 0 radical (unpaired) electrons. The zero-order chi connectivity index (χ0) is 12.5. The van der Waals surface area contributed by atoms with Gasteiger partial charge in [-0.1, -0.05) is 6.92 Å². The molecule has 1 aromatic rings. The largest absolute Gasteiger partial charge is 0.273 e. The number of nitro benzene ring substituents is 1. The van der Waals surface area contributed by atoms with Gasteiger partial charge in [0.1, 0.15) is 5.82 Å². The average molecular weight is 268 g/mol. The second kappa shape index (κ2) is 4.34. The molecule has 1 rings (SSSR count). The first-order chi connectivity index (χ1) is 7.27. The summed E-state index contributed by atoms with van der Waals surface area (Å²) in [4.78, 5) is 9.00. The van der Waals surface area contributed by atoms with Crippen LogP contribution < -0.4 is 0 Å². The number of rotatable bonds is 3. The van der Waals surface area contributed by atoms with E-state index in [2.05, 4.69) is 0 Å². The number of nitro groups is 1. The van der Waals surface area contributed by atoms with E-state index in [4.69, 9.17) is 10.7 Å². The molecule has 5 nitrogen and oxygen atoms in total. The van der Waals surface area contributed by atoms with Crippen LogP contribution in [0.2, 0.25) is 0 Å². The molecule has 0 N–H and O–H groups in total. The molecule has 0 aromatic heterocycles. The molecule has 0 heterocycles. The number of hydrogen-bond donors (Lipinski definition) is 0. The Hall–Kier alpha value is -1.21. The number of non-ortho nitro benzene ring substituents is 1. The second-order valence-electron chi connectivity index (χ2n) is 2.95. The van der Waals surface area contributed by atoms with Gasteiger partial charge in [0.15, 0.2) is 0 Å². The van der Waals surface area contributed by atoms with Gasteiger partial charge in [0.05, 0.1) is 15.9 Å². The van der Waals surface area contributed by atoms with E-state index in [0.29, 0.717) is 6.07 Å². The first-order valence-corrected chi connectivity index (χ1v) is 6.49. The van der Waals surface area contributed by atoms with E-state index in [1.54, 1.807) is 0 Å². The van der Waals surface area contributed by atoms with Crippen molar-refractivity contribution in [3.8, 4) is 0 Å². The number of halogens is 2. The molecule has 0 saturated heterocycles. The monoisotopic (exact) mass is 267 g/mol. The van der Waals surface area contributed by atoms with E-state index < -0.39 is 30.4 Å². The van der Waals surface area contributed by atoms with Crippen LogP contribution in [0.5, 0.6) is 0 Å². The van der Waals surface area contributed by atoms with Crippen LogP contribution >= 0.6 is 10.7 Å². The Kier molecular flexibility index (Phi) is 3.49. The lowest BCUT2D eigenvalue weighted by Gasteiger charge is -2.05. The Morgan fingerprint density at radius 1 is 1.50 bits per heavy atom. The summed E-state index contributed by atoms with van der Waals surface area (Å²) in [5.74, 6) is -0.948. The Labute approximate surface area is 95.4 Å². The molecular formula is C8H7ClFNO4S. The smallest absolute Gasteiger partial charge is 0.258 e. The highest BCUT2D eigenvalue weighted by Crippen LogP contribution is 2.28. The van der Waals surface area contributed by atoms with Gasteiger partial charge in [0.2, 0.25) is 0 Å². The van der Waals surface area contributed by atoms with E-state index in [-0.39, 0.29) is 12.0 Å². The zero-order valence-corrected chi connectivity index (χ0v) is 9.68. The molecule has 0 unspecified atom stereocenters. The van der Waals surface area contributed by atoms with Crippen LogP contribution in [0, 0.1) is 15.9 Å². The minimum atomic E-state index is -4.20. The Morgan fingerprint density at radius 3 is 2.44 bits per heavy atom. The van der Waals surface area contributed by atoms with Crippen molar-refractivity contribution in [2.75, 3.05) is 0 Å². The number of nitrogens with zero attached hydrogens (tertiary/aromatic N) is 1. The van der Waals surface area contributed by atoms with Crippen molar-refractivity contribution in [1.29, 1.82) is 0 Å². The summed E-state index contributed by atoms with van der Waals surface area (Å²) in [6.07, 6.45) is 0.0745. The molecule has 0 aliphatic carbocycles. The predicted molar refractivity (Wildman–Crippen MR) is 55.5 cm³/mol. The maximum absolute atomic E-state index is 13.4. The molecule has 0 bridgehead atoms. The van der Waals surface area contributed by atoms with Gasteiger partial charge in [-0.05, 0) is 6.42 Å². The molecule has 1 aromatic carbocycles. The van der Waals surface area contributed by atoms with Crippen LogP contribution in [0.25, 0.3) is 0 Å². The van der Waals surface area contributed by atoms with Crippen LogP contribution in [0.15, 0.2) is 17.0 Å². The van der Waals surface area contributed by atoms with Crippen molar-refractivity contribution in [2.24, 2.45) is 0 Å². The summed E-state index contributed by atoms with van der Waals surface area (Å²) in [6.45, 7) is 1.52. The van der Waals surface area contributed by atoms with Gasteiger partial charge in [0.25, 0.3) is 14.7 Å². The molecule has 0 aliphatic heterocycles. The third kappa shape index (κ3) is 2.48. The van der Waals surface area contributed by atoms with E-state index in [1.807, 2.05) is 0 Å². The molecular weight excluding hydrogens is 261 g/mol. The van der Waals surface area contributed by atoms with Gasteiger partial charge in [-0.25, -0.2) is 12.8 Å². The molecule has 0 amide bonds. The Morgan fingerprint density at radius 2 is 2.06 bits per heavy atom. The van der Waals surface area contributed by atoms with E-state index in [1.165, 1.54) is 6.92 Å². The summed E-state index contributed by atoms with van der Waals surface area (Å²) in [5, 5.41) is 10.4. The van der Waals surface area contributed by atoms with Crippen molar-refractivity contribution >= 4 is 25.4 Å². The standard InChI is InChI=1S/C8H7ClFNO4S/c1-2-6-7(10)3-5(11(12)13)4-8(6)16(9,14)15/h3-4H,2H2,1H3. The highest BCUT2D eigenvalue weighted by Gasteiger charge is 2.23. The maximum Gasteiger partial charge on any atom is 0.273 e. The first-order valence-electron chi connectivity index (χ1n) is 4.18. The van der Waals surface area contributed by atoms with Crippen LogP contribution in [0.3, 0.4) is 0 Å². The quantitative estimate of drug-likeness (QED) is 0.478. The van der Waals surface area contributed by atoms with E-state index >= 15 is 0 Å². The average Bonchev–Trinajstić information content (AvgIpc) is 2.14. The predicted octanol–water partition coefficient (Wildman–Crippen LogP) is 2.22. The highest BCUT2D eigenvalue weighted by molar-refractivity contribution is 8.13. The second-order valence-corrected chi connectivity index (χ2v) is 5.49. The molecule has 88 valence electrons. The number of benzene rings is 1. The van der Waals surface area contributed by atoms with E-state index in [0.717, 1.165) is 6.07 Å². The lowest BCUT2D eigenvalue weighted by atomic mass is 10.1. The van der Waals surface area contributed by atoms with Crippen molar-refractivity contribution < 1.29 is 17.7 Å². The molecule has 8 heteroatoms. The zero-order valence-electron chi connectivity index (χ0n) is 8.11. The topological polar surface area (TPSA) is 77.3 Å². The maximum atomic E-state index is 13.4. The van der Waals surface area contributed by atoms with Crippen molar-refractivity contribution in [3.05, 3.63) is 33.6 Å². The SMILES string of the molecule is CCc1c(F)cc([N+](=O)[O-])cc1S(=O)(=O)Cl. The molecule has 0 atom stereocenters. The van der Waals surface area contributed by atoms with Crippen molar-refractivity contribution in [2.45, 2.75) is 18.2 Å². The van der Waals surface area contributed by atoms with Crippen LogP contribution in [0.4, 0.5) is 10.1 Å². The van der Waals surface area contributed by atoms with Gasteiger partial charge in [-0.3, -0.25) is 10.1 Å². The van der Waals surface area contributed by atoms with Gasteiger partial charge in [-0.15, -0.1) is 0 Å². The molecule has 0 spiro atoms. The molecule has 16 heavy (non-hydrogen) atoms. The molecule has 0 aliphatic rings. The van der Waals surface area contributed by atoms with Gasteiger partial charge in [0, 0.05) is 22.3 Å². The molecule has 0 saturated carbocycles. The minimum absolute atomic E-state index is 0.0745. The summed E-state index contributed by atoms with van der Waals surface area (Å²) in [6, 6.07) is 1.43. The fourth-order valence-corrected chi connectivity index (χ4v) is 2.47. The third-order valence-electron chi connectivity index (χ3n) is 1.97. The van der Waals surface area contributed by atoms with Gasteiger partial charge < -0.3 is 0 Å². The third-order valence-corrected chi connectivity index (χ3v) is 3.35. The molecule has 0 fully saturated rings. The van der Waals surface area contributed by atoms with Gasteiger partial charge >= 0.3 is 0 Å². The normalized spacial score (nSPS) is 11.4. The summed E-state index contributed by atoms with van der Waals surface area (Å²) >= 11 is 0. The first kappa shape index (κ1) is 12.9.